The lowest BCUT2D eigenvalue weighted by Crippen LogP contribution is -2.24. The number of aliphatic carboxylic acids is 1. The Morgan fingerprint density at radius 3 is 2.58 bits per heavy atom. The average molecular weight is 166 g/mol. The lowest BCUT2D eigenvalue weighted by molar-refractivity contribution is -0.129. The third-order valence-electron chi connectivity index (χ3n) is 1.40. The van der Waals surface area contributed by atoms with Crippen molar-refractivity contribution >= 4 is 23.4 Å². The summed E-state index contributed by atoms with van der Waals surface area (Å²) in [5, 5.41) is 8.55. The van der Waals surface area contributed by atoms with Gasteiger partial charge in [0.25, 0.3) is 0 Å². The number of carbonyl (C=O) groups is 2. The molecule has 0 unspecified atom stereocenters. The molecule has 1 heterocycles. The van der Waals surface area contributed by atoms with Crippen LogP contribution >= 0.6 is 0 Å². The second-order valence-electron chi connectivity index (χ2n) is 2.22. The summed E-state index contributed by atoms with van der Waals surface area (Å²) >= 11 is 0. The predicted octanol–water partition coefficient (Wildman–Crippen LogP) is 0.663. The van der Waals surface area contributed by atoms with E-state index >= 15 is 0 Å². The molecular weight excluding hydrogens is 160 g/mol. The summed E-state index contributed by atoms with van der Waals surface area (Å²) in [5.41, 5.74) is 0.155. The van der Waals surface area contributed by atoms with Crippen molar-refractivity contribution in [2.45, 2.75) is 6.92 Å². The summed E-state index contributed by atoms with van der Waals surface area (Å²) < 4.78 is 0. The Labute approximate surface area is 68.1 Å². The molecule has 12 heavy (non-hydrogen) atoms. The summed E-state index contributed by atoms with van der Waals surface area (Å²) in [6.45, 7) is 4.95. The highest BCUT2D eigenvalue weighted by Gasteiger charge is 2.21. The Hall–Kier alpha value is -1.78. The van der Waals surface area contributed by atoms with Gasteiger partial charge in [0.1, 0.15) is 0 Å². The van der Waals surface area contributed by atoms with Gasteiger partial charge in [-0.05, 0) is 6.92 Å². The van der Waals surface area contributed by atoms with Crippen LogP contribution < -0.4 is 0 Å². The molecule has 0 aromatic rings. The van der Waals surface area contributed by atoms with Gasteiger partial charge in [-0.2, -0.15) is 9.98 Å². The topological polar surface area (TPSA) is 79.1 Å². The normalized spacial score (nSPS) is 17.1. The molecule has 0 saturated heterocycles. The lowest BCUT2D eigenvalue weighted by Gasteiger charge is -2.07. The second-order valence-corrected chi connectivity index (χ2v) is 2.22. The fourth-order valence-corrected chi connectivity index (χ4v) is 0.747. The number of carbonyl (C=O) groups excluding carboxylic acids is 1. The maximum Gasteiger partial charge on any atom is 0.368 e. The Bertz CT molecular complexity index is 339. The predicted molar refractivity (Wildman–Crippen MR) is 42.7 cm³/mol. The van der Waals surface area contributed by atoms with Crippen molar-refractivity contribution in [2.75, 3.05) is 0 Å². The smallest absolute Gasteiger partial charge is 0.368 e. The molecule has 0 fully saturated rings. The Morgan fingerprint density at radius 2 is 2.08 bits per heavy atom. The van der Waals surface area contributed by atoms with E-state index in [1.807, 2.05) is 0 Å². The zero-order chi connectivity index (χ0) is 9.30. The van der Waals surface area contributed by atoms with Gasteiger partial charge in [0.15, 0.2) is 5.71 Å². The molecule has 1 aliphatic heterocycles. The van der Waals surface area contributed by atoms with Crippen LogP contribution in [0.25, 0.3) is 0 Å². The molecule has 2 amide bonds. The third kappa shape index (κ3) is 1.29. The van der Waals surface area contributed by atoms with Gasteiger partial charge in [-0.25, -0.2) is 9.59 Å². The Morgan fingerprint density at radius 1 is 1.50 bits per heavy atom. The summed E-state index contributed by atoms with van der Waals surface area (Å²) in [6.07, 6.45) is 0. The quantitative estimate of drug-likeness (QED) is 0.621. The minimum Gasteiger partial charge on any atom is -0.476 e. The molecule has 5 heteroatoms. The van der Waals surface area contributed by atoms with E-state index in [1.165, 1.54) is 6.92 Å². The number of aliphatic imine (C=N–C) groups is 2. The Kier molecular flexibility index (Phi) is 1.86. The van der Waals surface area contributed by atoms with Gasteiger partial charge >= 0.3 is 12.0 Å². The van der Waals surface area contributed by atoms with E-state index in [2.05, 4.69) is 16.6 Å². The third-order valence-corrected chi connectivity index (χ3v) is 1.40. The molecule has 1 aliphatic rings. The van der Waals surface area contributed by atoms with Crippen molar-refractivity contribution in [3.63, 3.8) is 0 Å². The number of carboxylic acids is 1. The van der Waals surface area contributed by atoms with E-state index in [0.29, 0.717) is 5.71 Å². The van der Waals surface area contributed by atoms with Gasteiger partial charge in [0.2, 0.25) is 0 Å². The van der Waals surface area contributed by atoms with Crippen LogP contribution in [0.5, 0.6) is 0 Å². The highest BCUT2D eigenvalue weighted by atomic mass is 16.4. The molecule has 0 aromatic carbocycles. The van der Waals surface area contributed by atoms with Crippen LogP contribution in [0.4, 0.5) is 4.79 Å². The number of rotatable bonds is 1. The summed E-state index contributed by atoms with van der Waals surface area (Å²) in [7, 11) is 0. The highest BCUT2D eigenvalue weighted by Crippen LogP contribution is 2.07. The molecule has 5 nitrogen and oxygen atoms in total. The fraction of sp³-hybridized carbons (Fsp3) is 0.143. The Balaban J connectivity index is 3.12. The van der Waals surface area contributed by atoms with Gasteiger partial charge < -0.3 is 5.11 Å². The maximum atomic E-state index is 10.7. The molecule has 1 rings (SSSR count). The van der Waals surface area contributed by atoms with Crippen molar-refractivity contribution in [1.29, 1.82) is 0 Å². The number of carboxylic acid groups (broad SMARTS) is 1. The van der Waals surface area contributed by atoms with Crippen molar-refractivity contribution < 1.29 is 14.7 Å². The van der Waals surface area contributed by atoms with Crippen molar-refractivity contribution in [3.05, 3.63) is 12.2 Å². The van der Waals surface area contributed by atoms with Gasteiger partial charge in [-0.15, -0.1) is 0 Å². The van der Waals surface area contributed by atoms with E-state index in [9.17, 15) is 9.59 Å². The first-order chi connectivity index (χ1) is 5.52. The van der Waals surface area contributed by atoms with E-state index in [4.69, 9.17) is 5.11 Å². The second kappa shape index (κ2) is 2.69. The minimum atomic E-state index is -1.26. The van der Waals surface area contributed by atoms with E-state index in [0.717, 1.165) is 0 Å². The zero-order valence-electron chi connectivity index (χ0n) is 6.37. The molecular formula is C7H6N2O3. The number of hydrogen-bond acceptors (Lipinski definition) is 2. The molecule has 0 saturated carbocycles. The molecule has 0 aromatic heterocycles. The number of hydrogen-bond donors (Lipinski definition) is 1. The van der Waals surface area contributed by atoms with Gasteiger partial charge in [-0.3, -0.25) is 0 Å². The van der Waals surface area contributed by atoms with Crippen LogP contribution in [-0.4, -0.2) is 28.5 Å². The first-order valence-electron chi connectivity index (χ1n) is 3.13. The average Bonchev–Trinajstić information content (AvgIpc) is 1.96. The molecule has 0 bridgehead atoms. The van der Waals surface area contributed by atoms with Crippen LogP contribution in [-0.2, 0) is 4.79 Å². The monoisotopic (exact) mass is 166 g/mol. The maximum absolute atomic E-state index is 10.7. The summed E-state index contributed by atoms with van der Waals surface area (Å²) in [4.78, 5) is 27.7. The summed E-state index contributed by atoms with van der Waals surface area (Å²) in [5.74, 6) is -1.26. The van der Waals surface area contributed by atoms with E-state index in [1.54, 1.807) is 0 Å². The fourth-order valence-electron chi connectivity index (χ4n) is 0.747. The lowest BCUT2D eigenvalue weighted by atomic mass is 10.1. The van der Waals surface area contributed by atoms with Crippen LogP contribution in [0.15, 0.2) is 22.1 Å². The standard InChI is InChI=1S/C7H6N2O3/c1-3-4(2)8-7(12)9-5(3)6(10)11/h1H2,2H3,(H,10,11). The van der Waals surface area contributed by atoms with Crippen LogP contribution in [0, 0.1) is 0 Å². The minimum absolute atomic E-state index is 0.183. The number of nitrogens with zero attached hydrogens (tertiary/aromatic N) is 2. The zero-order valence-corrected chi connectivity index (χ0v) is 6.37. The van der Waals surface area contributed by atoms with Crippen molar-refractivity contribution in [3.8, 4) is 0 Å². The molecule has 0 radical (unpaired) electrons. The SMILES string of the molecule is C=C1C(C)=NC(=O)N=C1C(=O)O. The molecule has 0 atom stereocenters. The molecule has 0 spiro atoms. The highest BCUT2D eigenvalue weighted by molar-refractivity contribution is 6.52. The first-order valence-corrected chi connectivity index (χ1v) is 3.13. The van der Waals surface area contributed by atoms with E-state index in [-0.39, 0.29) is 11.3 Å². The molecule has 1 N–H and O–H groups in total. The van der Waals surface area contributed by atoms with Crippen LogP contribution in [0.1, 0.15) is 6.92 Å². The van der Waals surface area contributed by atoms with Gasteiger partial charge in [0, 0.05) is 5.57 Å². The first kappa shape index (κ1) is 8.32. The van der Waals surface area contributed by atoms with Gasteiger partial charge in [-0.1, -0.05) is 6.58 Å². The number of amides is 2. The van der Waals surface area contributed by atoms with Crippen LogP contribution in [0.2, 0.25) is 0 Å². The molecule has 0 aliphatic carbocycles. The van der Waals surface area contributed by atoms with Crippen LogP contribution in [0.3, 0.4) is 0 Å². The summed E-state index contributed by atoms with van der Waals surface area (Å²) in [6, 6.07) is -0.794. The molecule has 62 valence electrons. The van der Waals surface area contributed by atoms with Crippen molar-refractivity contribution in [2.24, 2.45) is 9.98 Å². The number of urea groups is 1. The van der Waals surface area contributed by atoms with Crippen molar-refractivity contribution in [1.82, 2.24) is 0 Å². The van der Waals surface area contributed by atoms with Gasteiger partial charge in [0.05, 0.1) is 5.71 Å². The van der Waals surface area contributed by atoms with E-state index < -0.39 is 12.0 Å². The largest absolute Gasteiger partial charge is 0.476 e.